The van der Waals surface area contributed by atoms with Crippen molar-refractivity contribution in [1.82, 2.24) is 10.6 Å². The van der Waals surface area contributed by atoms with E-state index < -0.39 is 31.1 Å². The van der Waals surface area contributed by atoms with E-state index in [1.54, 1.807) is 12.1 Å². The third-order valence-corrected chi connectivity index (χ3v) is 12.4. The molecule has 0 saturated carbocycles. The molecule has 0 saturated heterocycles. The van der Waals surface area contributed by atoms with Crippen LogP contribution in [0.5, 0.6) is 0 Å². The van der Waals surface area contributed by atoms with Gasteiger partial charge in [-0.3, -0.25) is 18.7 Å². The van der Waals surface area contributed by atoms with Crippen molar-refractivity contribution in [1.29, 1.82) is 0 Å². The first-order valence-corrected chi connectivity index (χ1v) is 22.0. The first kappa shape index (κ1) is 43.2. The number of nitrogens with zero attached hydrogens (tertiary/aromatic N) is 2. The molecule has 14 heteroatoms. The normalized spacial score (nSPS) is 16.8. The smallest absolute Gasteiger partial charge is 0.294 e. The minimum absolute atomic E-state index is 0.0742. The fraction of sp³-hybridized carbons (Fsp3) is 0.372. The van der Waals surface area contributed by atoms with Crippen molar-refractivity contribution in [2.75, 3.05) is 31.1 Å². The van der Waals surface area contributed by atoms with Crippen molar-refractivity contribution >= 4 is 49.1 Å². The lowest BCUT2D eigenvalue weighted by atomic mass is 9.81. The number of nitrogens with one attached hydrogen (secondary N) is 2. The van der Waals surface area contributed by atoms with Crippen LogP contribution in [0.25, 0.3) is 0 Å². The van der Waals surface area contributed by atoms with Gasteiger partial charge in [0.15, 0.2) is 5.71 Å². The fourth-order valence-electron chi connectivity index (χ4n) is 7.62. The number of hydrogen-bond donors (Lipinski definition) is 4. The summed E-state index contributed by atoms with van der Waals surface area (Å²) in [7, 11) is -8.78. The zero-order chi connectivity index (χ0) is 41.6. The van der Waals surface area contributed by atoms with Crippen LogP contribution in [0.15, 0.2) is 113 Å². The average molecular weight is 818 g/mol. The van der Waals surface area contributed by atoms with Crippen molar-refractivity contribution < 1.29 is 40.1 Å². The van der Waals surface area contributed by atoms with Crippen LogP contribution >= 0.6 is 0 Å². The summed E-state index contributed by atoms with van der Waals surface area (Å²) in [6.45, 7) is 11.7. The van der Waals surface area contributed by atoms with Crippen LogP contribution in [0, 0.1) is 0 Å². The van der Waals surface area contributed by atoms with Gasteiger partial charge in [0.05, 0.1) is 21.8 Å². The van der Waals surface area contributed by atoms with Gasteiger partial charge in [0, 0.05) is 60.4 Å². The predicted molar refractivity (Wildman–Crippen MR) is 222 cm³/mol. The number of carbonyl (C=O) groups is 2. The van der Waals surface area contributed by atoms with Gasteiger partial charge in [-0.15, -0.1) is 0 Å². The molecule has 2 aliphatic heterocycles. The van der Waals surface area contributed by atoms with E-state index in [1.165, 1.54) is 24.3 Å². The maximum atomic E-state index is 12.5. The van der Waals surface area contributed by atoms with Crippen molar-refractivity contribution in [2.24, 2.45) is 0 Å². The number of rotatable bonds is 17. The molecule has 3 aromatic carbocycles. The summed E-state index contributed by atoms with van der Waals surface area (Å²) in [4.78, 5) is 26.5. The summed E-state index contributed by atoms with van der Waals surface area (Å²) >= 11 is 0. The second kappa shape index (κ2) is 17.7. The highest BCUT2D eigenvalue weighted by Crippen LogP contribution is 2.48. The SMILES string of the molecule is CCN1C(=CC=CC=CC2=[N+](CCCCCC(=O)NCC(=O)NCCc3ccccc3)c3ccc(S(=O)(=O)O)cc3C2(C)C)C(C)(C)c2cc(S(=O)(=O)O)ccc21. The molecule has 5 rings (SSSR count). The van der Waals surface area contributed by atoms with Crippen LogP contribution in [0.1, 0.15) is 77.0 Å². The van der Waals surface area contributed by atoms with E-state index in [2.05, 4.69) is 20.1 Å². The second-order valence-electron chi connectivity index (χ2n) is 15.3. The van der Waals surface area contributed by atoms with E-state index in [-0.39, 0.29) is 34.6 Å². The number of allylic oxidation sites excluding steroid dienone is 6. The lowest BCUT2D eigenvalue weighted by molar-refractivity contribution is -0.438. The highest BCUT2D eigenvalue weighted by molar-refractivity contribution is 7.86. The van der Waals surface area contributed by atoms with E-state index in [9.17, 15) is 35.5 Å². The molecule has 0 aliphatic carbocycles. The third kappa shape index (κ3) is 10.2. The Morgan fingerprint density at radius 1 is 0.772 bits per heavy atom. The topological polar surface area (TPSA) is 173 Å². The lowest BCUT2D eigenvalue weighted by Gasteiger charge is -2.25. The summed E-state index contributed by atoms with van der Waals surface area (Å²) < 4.78 is 69.5. The molecule has 0 aromatic heterocycles. The second-order valence-corrected chi connectivity index (χ2v) is 18.2. The number of unbranched alkanes of at least 4 members (excludes halogenated alkanes) is 2. The number of carbonyl (C=O) groups excluding carboxylic acids is 2. The standard InChI is InChI=1S/C43H52N4O8S2/c1-6-46-36-23-21-32(56(50,51)52)28-34(36)42(2,3)38(46)18-12-8-13-19-39-43(4,5)35-29-33(57(53,54)55)22-24-37(35)47(39)27-15-9-14-20-40(48)45-30-41(49)44-26-25-31-16-10-7-11-17-31/h7-8,10-13,16-19,21-24,28-29H,6,9,14-15,20,25-27,30H2,1-5H3,(H3-,44,45,48,49,50,51,52,53,54,55)/p+1. The Morgan fingerprint density at radius 3 is 2.11 bits per heavy atom. The van der Waals surface area contributed by atoms with Gasteiger partial charge in [-0.05, 0) is 87.6 Å². The summed E-state index contributed by atoms with van der Waals surface area (Å²) in [6, 6.07) is 19.1. The van der Waals surface area contributed by atoms with Crippen LogP contribution in [0.4, 0.5) is 11.4 Å². The summed E-state index contributed by atoms with van der Waals surface area (Å²) in [5.41, 5.74) is 5.15. The predicted octanol–water partition coefficient (Wildman–Crippen LogP) is 6.41. The van der Waals surface area contributed by atoms with Gasteiger partial charge in [-0.2, -0.15) is 21.4 Å². The Labute approximate surface area is 336 Å². The number of fused-ring (bicyclic) bond motifs is 2. The maximum Gasteiger partial charge on any atom is 0.294 e. The Balaban J connectivity index is 1.25. The molecule has 0 fully saturated rings. The average Bonchev–Trinajstić information content (AvgIpc) is 3.50. The zero-order valence-corrected chi connectivity index (χ0v) is 34.8. The summed E-state index contributed by atoms with van der Waals surface area (Å²) in [6.07, 6.45) is 12.8. The molecule has 12 nitrogen and oxygen atoms in total. The van der Waals surface area contributed by atoms with E-state index in [1.807, 2.05) is 95.3 Å². The van der Waals surface area contributed by atoms with Crippen molar-refractivity contribution in [3.8, 4) is 0 Å². The van der Waals surface area contributed by atoms with Crippen LogP contribution < -0.4 is 15.5 Å². The third-order valence-electron chi connectivity index (χ3n) is 10.7. The molecule has 4 N–H and O–H groups in total. The Hall–Kier alpha value is -4.89. The molecular weight excluding hydrogens is 765 g/mol. The summed E-state index contributed by atoms with van der Waals surface area (Å²) in [5.74, 6) is -0.424. The molecule has 3 aromatic rings. The molecular formula is C43H53N4O8S2+. The van der Waals surface area contributed by atoms with Crippen LogP contribution in [-0.2, 0) is 47.1 Å². The molecule has 2 amide bonds. The first-order chi connectivity index (χ1) is 26.9. The molecule has 304 valence electrons. The molecule has 0 radical (unpaired) electrons. The van der Waals surface area contributed by atoms with E-state index in [0.717, 1.165) is 52.3 Å². The number of amides is 2. The Kier molecular flexibility index (Phi) is 13.4. The molecule has 2 aliphatic rings. The zero-order valence-electron chi connectivity index (χ0n) is 33.2. The van der Waals surface area contributed by atoms with Crippen LogP contribution in [0.2, 0.25) is 0 Å². The highest BCUT2D eigenvalue weighted by Gasteiger charge is 2.45. The van der Waals surface area contributed by atoms with E-state index >= 15 is 0 Å². The Bertz CT molecular complexity index is 2350. The van der Waals surface area contributed by atoms with Crippen LogP contribution in [0.3, 0.4) is 0 Å². The molecule has 2 heterocycles. The van der Waals surface area contributed by atoms with Crippen LogP contribution in [-0.4, -0.2) is 74.2 Å². The molecule has 0 spiro atoms. The van der Waals surface area contributed by atoms with Gasteiger partial charge >= 0.3 is 0 Å². The molecule has 0 atom stereocenters. The maximum absolute atomic E-state index is 12.5. The van der Waals surface area contributed by atoms with Gasteiger partial charge in [0.1, 0.15) is 6.54 Å². The first-order valence-electron chi connectivity index (χ1n) is 19.1. The minimum Gasteiger partial charge on any atom is -0.354 e. The van der Waals surface area contributed by atoms with E-state index in [0.29, 0.717) is 32.5 Å². The quantitative estimate of drug-likeness (QED) is 0.0520. The number of likely N-dealkylation sites (N-methyl/N-ethyl adjacent to an activating group) is 1. The monoisotopic (exact) mass is 817 g/mol. The minimum atomic E-state index is -4.42. The van der Waals surface area contributed by atoms with Crippen molar-refractivity contribution in [3.05, 3.63) is 119 Å². The summed E-state index contributed by atoms with van der Waals surface area (Å²) in [5, 5.41) is 5.53. The van der Waals surface area contributed by atoms with Gasteiger partial charge in [0.2, 0.25) is 17.5 Å². The highest BCUT2D eigenvalue weighted by atomic mass is 32.2. The van der Waals surface area contributed by atoms with Crippen molar-refractivity contribution in [3.63, 3.8) is 0 Å². The van der Waals surface area contributed by atoms with Crippen molar-refractivity contribution in [2.45, 2.75) is 87.3 Å². The van der Waals surface area contributed by atoms with E-state index in [4.69, 9.17) is 0 Å². The molecule has 0 unspecified atom stereocenters. The number of hydrogen-bond acceptors (Lipinski definition) is 7. The largest absolute Gasteiger partial charge is 0.354 e. The number of benzene rings is 3. The lowest BCUT2D eigenvalue weighted by Crippen LogP contribution is -2.37. The Morgan fingerprint density at radius 2 is 1.44 bits per heavy atom. The number of anilines is 1. The molecule has 57 heavy (non-hydrogen) atoms. The van der Waals surface area contributed by atoms with Gasteiger partial charge < -0.3 is 15.5 Å². The van der Waals surface area contributed by atoms with Gasteiger partial charge in [-0.1, -0.05) is 62.4 Å². The van der Waals surface area contributed by atoms with Gasteiger partial charge in [-0.25, -0.2) is 0 Å². The van der Waals surface area contributed by atoms with Gasteiger partial charge in [0.25, 0.3) is 20.2 Å². The fourth-order valence-corrected chi connectivity index (χ4v) is 8.64. The molecule has 0 bridgehead atoms.